The summed E-state index contributed by atoms with van der Waals surface area (Å²) in [6.07, 6.45) is 2.64. The zero-order valence-electron chi connectivity index (χ0n) is 16.7. The summed E-state index contributed by atoms with van der Waals surface area (Å²) in [5, 5.41) is 4.98. The number of carbonyl (C=O) groups is 1. The lowest BCUT2D eigenvalue weighted by Gasteiger charge is -2.27. The van der Waals surface area contributed by atoms with E-state index in [1.807, 2.05) is 25.2 Å². The highest BCUT2D eigenvalue weighted by Gasteiger charge is 2.23. The van der Waals surface area contributed by atoms with E-state index in [9.17, 15) is 4.79 Å². The molecule has 0 spiro atoms. The molecule has 154 valence electrons. The van der Waals surface area contributed by atoms with Crippen LogP contribution in [0.2, 0.25) is 0 Å². The highest BCUT2D eigenvalue weighted by Crippen LogP contribution is 2.32. The Bertz CT molecular complexity index is 980. The third-order valence-corrected chi connectivity index (χ3v) is 5.99. The molecule has 1 aliphatic heterocycles. The van der Waals surface area contributed by atoms with Crippen molar-refractivity contribution in [2.24, 2.45) is 7.05 Å². The summed E-state index contributed by atoms with van der Waals surface area (Å²) in [7, 11) is 3.45. The molecule has 3 aromatic rings. The SMILES string of the molecule is COc1ccc2nc(N(CCCN3CCOCC3)C(=O)c3ccn(C)n3)sc2c1. The summed E-state index contributed by atoms with van der Waals surface area (Å²) >= 11 is 1.50. The van der Waals surface area contributed by atoms with E-state index in [4.69, 9.17) is 14.5 Å². The van der Waals surface area contributed by atoms with Gasteiger partial charge in [-0.2, -0.15) is 5.10 Å². The number of hydrogen-bond donors (Lipinski definition) is 0. The maximum absolute atomic E-state index is 13.2. The van der Waals surface area contributed by atoms with Crippen molar-refractivity contribution in [1.82, 2.24) is 19.7 Å². The monoisotopic (exact) mass is 415 g/mol. The summed E-state index contributed by atoms with van der Waals surface area (Å²) in [6, 6.07) is 7.50. The molecular formula is C20H25N5O3S. The number of hydrogen-bond acceptors (Lipinski definition) is 7. The number of aromatic nitrogens is 3. The zero-order valence-corrected chi connectivity index (χ0v) is 17.5. The minimum Gasteiger partial charge on any atom is -0.497 e. The number of fused-ring (bicyclic) bond motifs is 1. The molecule has 0 aliphatic carbocycles. The van der Waals surface area contributed by atoms with Gasteiger partial charge in [0.2, 0.25) is 0 Å². The first-order chi connectivity index (χ1) is 14.1. The predicted molar refractivity (Wildman–Crippen MR) is 113 cm³/mol. The van der Waals surface area contributed by atoms with Gasteiger partial charge in [-0.1, -0.05) is 11.3 Å². The highest BCUT2D eigenvalue weighted by molar-refractivity contribution is 7.22. The van der Waals surface area contributed by atoms with Crippen LogP contribution < -0.4 is 9.64 Å². The topological polar surface area (TPSA) is 72.7 Å². The second kappa shape index (κ2) is 8.89. The van der Waals surface area contributed by atoms with Gasteiger partial charge >= 0.3 is 0 Å². The molecule has 0 bridgehead atoms. The fourth-order valence-corrected chi connectivity index (χ4v) is 4.38. The van der Waals surface area contributed by atoms with Crippen LogP contribution in [-0.4, -0.2) is 72.1 Å². The van der Waals surface area contributed by atoms with Gasteiger partial charge in [0, 0.05) is 39.4 Å². The number of nitrogens with zero attached hydrogens (tertiary/aromatic N) is 5. The molecule has 0 atom stereocenters. The van der Waals surface area contributed by atoms with Crippen molar-refractivity contribution in [2.75, 3.05) is 51.4 Å². The largest absolute Gasteiger partial charge is 0.497 e. The summed E-state index contributed by atoms with van der Waals surface area (Å²) in [6.45, 7) is 4.94. The molecule has 1 fully saturated rings. The summed E-state index contributed by atoms with van der Waals surface area (Å²) in [5.41, 5.74) is 1.29. The number of anilines is 1. The van der Waals surface area contributed by atoms with Crippen LogP contribution in [0, 0.1) is 0 Å². The molecule has 2 aromatic heterocycles. The average molecular weight is 416 g/mol. The van der Waals surface area contributed by atoms with Crippen LogP contribution in [0.1, 0.15) is 16.9 Å². The molecule has 0 saturated carbocycles. The summed E-state index contributed by atoms with van der Waals surface area (Å²) in [5.74, 6) is 0.654. The second-order valence-corrected chi connectivity index (χ2v) is 7.98. The van der Waals surface area contributed by atoms with E-state index in [2.05, 4.69) is 10.00 Å². The Balaban J connectivity index is 1.56. The second-order valence-electron chi connectivity index (χ2n) is 6.97. The fraction of sp³-hybridized carbons (Fsp3) is 0.450. The number of ether oxygens (including phenoxy) is 2. The molecule has 1 aromatic carbocycles. The molecule has 0 radical (unpaired) electrons. The van der Waals surface area contributed by atoms with E-state index in [0.717, 1.165) is 55.2 Å². The van der Waals surface area contributed by atoms with Gasteiger partial charge in [-0.3, -0.25) is 19.3 Å². The van der Waals surface area contributed by atoms with Crippen LogP contribution in [0.15, 0.2) is 30.5 Å². The van der Waals surface area contributed by atoms with E-state index in [1.54, 1.807) is 29.0 Å². The van der Waals surface area contributed by atoms with Crippen LogP contribution in [0.25, 0.3) is 10.2 Å². The molecule has 9 heteroatoms. The Kier molecular flexibility index (Phi) is 6.08. The summed E-state index contributed by atoms with van der Waals surface area (Å²) < 4.78 is 13.4. The van der Waals surface area contributed by atoms with Crippen LogP contribution in [0.5, 0.6) is 5.75 Å². The summed E-state index contributed by atoms with van der Waals surface area (Å²) in [4.78, 5) is 22.0. The Morgan fingerprint density at radius 1 is 1.31 bits per heavy atom. The molecule has 3 heterocycles. The Morgan fingerprint density at radius 3 is 2.86 bits per heavy atom. The van der Waals surface area contributed by atoms with E-state index in [-0.39, 0.29) is 5.91 Å². The van der Waals surface area contributed by atoms with Crippen molar-refractivity contribution in [3.05, 3.63) is 36.2 Å². The van der Waals surface area contributed by atoms with Crippen molar-refractivity contribution >= 4 is 32.6 Å². The highest BCUT2D eigenvalue weighted by atomic mass is 32.1. The number of carbonyl (C=O) groups excluding carboxylic acids is 1. The lowest BCUT2D eigenvalue weighted by Crippen LogP contribution is -2.39. The number of thiazole rings is 1. The van der Waals surface area contributed by atoms with Crippen molar-refractivity contribution in [3.63, 3.8) is 0 Å². The van der Waals surface area contributed by atoms with Crippen molar-refractivity contribution in [1.29, 1.82) is 0 Å². The Labute approximate surface area is 173 Å². The van der Waals surface area contributed by atoms with Crippen molar-refractivity contribution < 1.29 is 14.3 Å². The van der Waals surface area contributed by atoms with Crippen molar-refractivity contribution in [3.8, 4) is 5.75 Å². The maximum atomic E-state index is 13.2. The van der Waals surface area contributed by atoms with Crippen molar-refractivity contribution in [2.45, 2.75) is 6.42 Å². The Hall–Kier alpha value is -2.49. The Morgan fingerprint density at radius 2 is 2.14 bits per heavy atom. The standard InChI is InChI=1S/C20H25N5O3S/c1-23-9-6-17(22-23)19(26)25(8-3-7-24-10-12-28-13-11-24)20-21-16-5-4-15(27-2)14-18(16)29-20/h4-6,9,14H,3,7-8,10-13H2,1-2H3. The van der Waals surface area contributed by atoms with Gasteiger partial charge in [-0.15, -0.1) is 0 Å². The number of rotatable bonds is 7. The predicted octanol–water partition coefficient (Wildman–Crippen LogP) is 2.41. The normalized spacial score (nSPS) is 15.0. The van der Waals surface area contributed by atoms with Gasteiger partial charge in [-0.05, 0) is 30.7 Å². The lowest BCUT2D eigenvalue weighted by atomic mass is 10.3. The molecular weight excluding hydrogens is 390 g/mol. The molecule has 8 nitrogen and oxygen atoms in total. The first-order valence-electron chi connectivity index (χ1n) is 9.70. The van der Waals surface area contributed by atoms with E-state index < -0.39 is 0 Å². The first-order valence-corrected chi connectivity index (χ1v) is 10.5. The average Bonchev–Trinajstić information content (AvgIpc) is 3.37. The van der Waals surface area contributed by atoms with Gasteiger partial charge < -0.3 is 9.47 Å². The molecule has 0 N–H and O–H groups in total. The molecule has 29 heavy (non-hydrogen) atoms. The number of aryl methyl sites for hydroxylation is 1. The molecule has 1 amide bonds. The van der Waals surface area contributed by atoms with Crippen LogP contribution in [0.4, 0.5) is 5.13 Å². The first kappa shape index (κ1) is 19.8. The van der Waals surface area contributed by atoms with Gasteiger partial charge in [-0.25, -0.2) is 4.98 Å². The third kappa shape index (κ3) is 4.58. The van der Waals surface area contributed by atoms with E-state index >= 15 is 0 Å². The van der Waals surface area contributed by atoms with E-state index in [1.165, 1.54) is 11.3 Å². The molecule has 1 aliphatic rings. The number of morpholine rings is 1. The van der Waals surface area contributed by atoms with Gasteiger partial charge in [0.15, 0.2) is 10.8 Å². The third-order valence-electron chi connectivity index (χ3n) is 4.95. The maximum Gasteiger partial charge on any atom is 0.280 e. The van der Waals surface area contributed by atoms with Gasteiger partial charge in [0.1, 0.15) is 5.75 Å². The molecule has 4 rings (SSSR count). The minimum atomic E-state index is -0.126. The van der Waals surface area contributed by atoms with E-state index in [0.29, 0.717) is 17.4 Å². The number of methoxy groups -OCH3 is 1. The van der Waals surface area contributed by atoms with Crippen LogP contribution in [0.3, 0.4) is 0 Å². The fourth-order valence-electron chi connectivity index (χ4n) is 3.36. The van der Waals surface area contributed by atoms with Gasteiger partial charge in [0.25, 0.3) is 5.91 Å². The number of amides is 1. The van der Waals surface area contributed by atoms with Gasteiger partial charge in [0.05, 0.1) is 30.5 Å². The minimum absolute atomic E-state index is 0.126. The smallest absolute Gasteiger partial charge is 0.280 e. The zero-order chi connectivity index (χ0) is 20.2. The molecule has 1 saturated heterocycles. The van der Waals surface area contributed by atoms with Crippen LogP contribution in [-0.2, 0) is 11.8 Å². The lowest BCUT2D eigenvalue weighted by molar-refractivity contribution is 0.0376. The molecule has 0 unspecified atom stereocenters. The van der Waals surface area contributed by atoms with Crippen LogP contribution >= 0.6 is 11.3 Å². The quantitative estimate of drug-likeness (QED) is 0.590. The number of benzene rings is 1.